The highest BCUT2D eigenvalue weighted by atomic mass is 32.2. The number of nitrogens with one attached hydrogen (secondary N) is 1. The highest BCUT2D eigenvalue weighted by Gasteiger charge is 2.20. The average molecular weight is 258 g/mol. The molecule has 1 saturated heterocycles. The topological polar surface area (TPSA) is 50.7 Å². The molecule has 1 fully saturated rings. The molecule has 0 amide bonds. The van der Waals surface area contributed by atoms with Gasteiger partial charge in [-0.1, -0.05) is 25.6 Å². The minimum absolute atomic E-state index is 0.168. The van der Waals surface area contributed by atoms with Crippen LogP contribution in [0.25, 0.3) is 0 Å². The molecule has 1 rings (SSSR count). The van der Waals surface area contributed by atoms with Crippen LogP contribution in [0.15, 0.2) is 4.99 Å². The van der Waals surface area contributed by atoms with Crippen LogP contribution >= 0.6 is 11.8 Å². The molecule has 1 N–H and O–H groups in total. The molecule has 4 nitrogen and oxygen atoms in total. The molecule has 1 aliphatic rings. The predicted molar refractivity (Wildman–Crippen MR) is 72.4 cm³/mol. The van der Waals surface area contributed by atoms with Gasteiger partial charge in [-0.3, -0.25) is 9.79 Å². The van der Waals surface area contributed by atoms with Crippen molar-refractivity contribution in [3.8, 4) is 0 Å². The molecule has 0 aromatic heterocycles. The maximum absolute atomic E-state index is 11.1. The number of esters is 1. The molecular formula is C12H22N2O2S. The SMILES string of the molecule is CCOC(=O)CCN=C1NC(CC(C)C)CS1. The Labute approximate surface area is 108 Å². The third-order valence-corrected chi connectivity index (χ3v) is 3.47. The molecule has 0 bridgehead atoms. The van der Waals surface area contributed by atoms with Gasteiger partial charge >= 0.3 is 5.97 Å². The van der Waals surface area contributed by atoms with Crippen molar-refractivity contribution in [2.45, 2.75) is 39.7 Å². The van der Waals surface area contributed by atoms with Gasteiger partial charge < -0.3 is 10.1 Å². The van der Waals surface area contributed by atoms with Gasteiger partial charge in [0.05, 0.1) is 19.6 Å². The zero-order valence-electron chi connectivity index (χ0n) is 10.9. The Kier molecular flexibility index (Phi) is 6.40. The summed E-state index contributed by atoms with van der Waals surface area (Å²) >= 11 is 1.74. The molecule has 0 aliphatic carbocycles. The summed E-state index contributed by atoms with van der Waals surface area (Å²) in [6, 6.07) is 0.529. The Bertz CT molecular complexity index is 280. The van der Waals surface area contributed by atoms with E-state index in [1.165, 1.54) is 6.42 Å². The van der Waals surface area contributed by atoms with Crippen LogP contribution in [-0.4, -0.2) is 36.1 Å². The summed E-state index contributed by atoms with van der Waals surface area (Å²) in [5, 5.41) is 4.36. The van der Waals surface area contributed by atoms with E-state index < -0.39 is 0 Å². The highest BCUT2D eigenvalue weighted by molar-refractivity contribution is 8.14. The Balaban J connectivity index is 2.21. The fourth-order valence-corrected chi connectivity index (χ4v) is 2.72. The third kappa shape index (κ3) is 5.96. The van der Waals surface area contributed by atoms with Gasteiger partial charge in [-0.05, 0) is 19.3 Å². The molecule has 1 aliphatic heterocycles. The molecule has 17 heavy (non-hydrogen) atoms. The summed E-state index contributed by atoms with van der Waals surface area (Å²) < 4.78 is 4.84. The van der Waals surface area contributed by atoms with E-state index in [0.717, 1.165) is 10.9 Å². The molecule has 0 saturated carbocycles. The van der Waals surface area contributed by atoms with E-state index in [4.69, 9.17) is 4.74 Å². The van der Waals surface area contributed by atoms with Crippen LogP contribution in [0, 0.1) is 5.92 Å². The minimum Gasteiger partial charge on any atom is -0.466 e. The van der Waals surface area contributed by atoms with Crippen molar-refractivity contribution in [3.63, 3.8) is 0 Å². The zero-order valence-corrected chi connectivity index (χ0v) is 11.7. The molecule has 0 spiro atoms. The van der Waals surface area contributed by atoms with E-state index in [0.29, 0.717) is 31.5 Å². The van der Waals surface area contributed by atoms with Crippen molar-refractivity contribution in [2.75, 3.05) is 18.9 Å². The van der Waals surface area contributed by atoms with Crippen LogP contribution in [0.3, 0.4) is 0 Å². The summed E-state index contributed by atoms with van der Waals surface area (Å²) in [5.41, 5.74) is 0. The highest BCUT2D eigenvalue weighted by Crippen LogP contribution is 2.18. The van der Waals surface area contributed by atoms with Gasteiger partial charge in [0.1, 0.15) is 0 Å². The van der Waals surface area contributed by atoms with Crippen molar-refractivity contribution in [1.29, 1.82) is 0 Å². The normalized spacial score (nSPS) is 21.9. The largest absolute Gasteiger partial charge is 0.466 e. The Morgan fingerprint density at radius 1 is 1.65 bits per heavy atom. The lowest BCUT2D eigenvalue weighted by Crippen LogP contribution is -2.28. The van der Waals surface area contributed by atoms with Crippen molar-refractivity contribution in [3.05, 3.63) is 0 Å². The van der Waals surface area contributed by atoms with Crippen LogP contribution in [0.1, 0.15) is 33.6 Å². The fourth-order valence-electron chi connectivity index (χ4n) is 1.71. The molecule has 0 radical (unpaired) electrons. The van der Waals surface area contributed by atoms with Gasteiger partial charge in [0.25, 0.3) is 0 Å². The second kappa shape index (κ2) is 7.58. The maximum Gasteiger partial charge on any atom is 0.307 e. The molecule has 0 aromatic rings. The minimum atomic E-state index is -0.168. The van der Waals surface area contributed by atoms with Crippen molar-refractivity contribution >= 4 is 22.9 Å². The number of ether oxygens (including phenoxy) is 1. The van der Waals surface area contributed by atoms with Crippen molar-refractivity contribution < 1.29 is 9.53 Å². The van der Waals surface area contributed by atoms with E-state index >= 15 is 0 Å². The lowest BCUT2D eigenvalue weighted by molar-refractivity contribution is -0.142. The number of aliphatic imine (C=N–C) groups is 1. The number of carbonyl (C=O) groups is 1. The Hall–Kier alpha value is -0.710. The van der Waals surface area contributed by atoms with Crippen LogP contribution in [0.2, 0.25) is 0 Å². The lowest BCUT2D eigenvalue weighted by atomic mass is 10.1. The van der Waals surface area contributed by atoms with E-state index in [1.807, 2.05) is 6.92 Å². The lowest BCUT2D eigenvalue weighted by Gasteiger charge is -2.11. The third-order valence-electron chi connectivity index (χ3n) is 2.38. The summed E-state index contributed by atoms with van der Waals surface area (Å²) in [7, 11) is 0. The monoisotopic (exact) mass is 258 g/mol. The van der Waals surface area contributed by atoms with Gasteiger partial charge in [-0.25, -0.2) is 0 Å². The zero-order chi connectivity index (χ0) is 12.7. The predicted octanol–water partition coefficient (Wildman–Crippen LogP) is 2.05. The number of hydrogen-bond acceptors (Lipinski definition) is 4. The number of amidine groups is 1. The number of nitrogens with zero attached hydrogens (tertiary/aromatic N) is 1. The van der Waals surface area contributed by atoms with Crippen molar-refractivity contribution in [2.24, 2.45) is 10.9 Å². The van der Waals surface area contributed by atoms with E-state index in [2.05, 4.69) is 24.2 Å². The molecule has 0 aromatic carbocycles. The van der Waals surface area contributed by atoms with Crippen LogP contribution < -0.4 is 5.32 Å². The first-order valence-corrected chi connectivity index (χ1v) is 7.19. The smallest absolute Gasteiger partial charge is 0.307 e. The fraction of sp³-hybridized carbons (Fsp3) is 0.833. The van der Waals surface area contributed by atoms with Gasteiger partial charge in [0, 0.05) is 11.8 Å². The summed E-state index contributed by atoms with van der Waals surface area (Å²) in [6.45, 7) is 7.22. The van der Waals surface area contributed by atoms with Crippen LogP contribution in [0.5, 0.6) is 0 Å². The van der Waals surface area contributed by atoms with Gasteiger partial charge in [0.2, 0.25) is 0 Å². The summed E-state index contributed by atoms with van der Waals surface area (Å²) in [5.74, 6) is 1.61. The molecule has 1 atom stereocenters. The molecule has 98 valence electrons. The van der Waals surface area contributed by atoms with E-state index in [1.54, 1.807) is 11.8 Å². The average Bonchev–Trinajstić information content (AvgIpc) is 2.65. The van der Waals surface area contributed by atoms with E-state index in [-0.39, 0.29) is 5.97 Å². The molecule has 1 unspecified atom stereocenters. The molecular weight excluding hydrogens is 236 g/mol. The van der Waals surface area contributed by atoms with E-state index in [9.17, 15) is 4.79 Å². The van der Waals surface area contributed by atoms with Gasteiger partial charge in [-0.15, -0.1) is 0 Å². The first kappa shape index (κ1) is 14.4. The van der Waals surface area contributed by atoms with Gasteiger partial charge in [-0.2, -0.15) is 0 Å². The summed E-state index contributed by atoms with van der Waals surface area (Å²) in [6.07, 6.45) is 1.54. The second-order valence-corrected chi connectivity index (χ2v) is 5.53. The number of carbonyl (C=O) groups excluding carboxylic acids is 1. The van der Waals surface area contributed by atoms with Gasteiger partial charge in [0.15, 0.2) is 5.17 Å². The first-order chi connectivity index (χ1) is 8.11. The maximum atomic E-state index is 11.1. The number of thioether (sulfide) groups is 1. The second-order valence-electron chi connectivity index (χ2n) is 4.52. The Morgan fingerprint density at radius 2 is 2.41 bits per heavy atom. The molecule has 1 heterocycles. The standard InChI is InChI=1S/C12H22N2O2S/c1-4-16-11(15)5-6-13-12-14-10(8-17-12)7-9(2)3/h9-10H,4-8H2,1-3H3,(H,13,14). The Morgan fingerprint density at radius 3 is 3.06 bits per heavy atom. The quantitative estimate of drug-likeness (QED) is 0.741. The number of hydrogen-bond donors (Lipinski definition) is 1. The summed E-state index contributed by atoms with van der Waals surface area (Å²) in [4.78, 5) is 15.5. The van der Waals surface area contributed by atoms with Crippen LogP contribution in [0.4, 0.5) is 0 Å². The van der Waals surface area contributed by atoms with Crippen LogP contribution in [-0.2, 0) is 9.53 Å². The number of rotatable bonds is 6. The first-order valence-electron chi connectivity index (χ1n) is 6.21. The van der Waals surface area contributed by atoms with Crippen molar-refractivity contribution in [1.82, 2.24) is 5.32 Å². The molecule has 5 heteroatoms.